The van der Waals surface area contributed by atoms with E-state index in [9.17, 15) is 9.18 Å². The normalized spacial score (nSPS) is 14.5. The smallest absolute Gasteiger partial charge is 0.227 e. The van der Waals surface area contributed by atoms with E-state index < -0.39 is 0 Å². The molecule has 1 aromatic carbocycles. The third kappa shape index (κ3) is 4.92. The fraction of sp³-hybridized carbons (Fsp3) is 0.190. The van der Waals surface area contributed by atoms with Crippen LogP contribution in [0.5, 0.6) is 0 Å². The zero-order valence-corrected chi connectivity index (χ0v) is 16.5. The van der Waals surface area contributed by atoms with Gasteiger partial charge in [0.2, 0.25) is 5.91 Å². The van der Waals surface area contributed by atoms with E-state index in [0.29, 0.717) is 22.7 Å². The number of hydrogen-bond donors (Lipinski definition) is 3. The highest BCUT2D eigenvalue weighted by Gasteiger charge is 2.30. The topological polar surface area (TPSA) is 145 Å². The molecule has 3 aromatic rings. The summed E-state index contributed by atoms with van der Waals surface area (Å²) in [7, 11) is 0. The number of carbonyl (C=O) groups is 1. The first-order valence-corrected chi connectivity index (χ1v) is 9.61. The minimum Gasteiger partial charge on any atom is -0.396 e. The summed E-state index contributed by atoms with van der Waals surface area (Å²) in [4.78, 5) is 24.7. The Hall–Kier alpha value is -4.08. The van der Waals surface area contributed by atoms with Gasteiger partial charge in [0.05, 0.1) is 24.2 Å². The molecular formula is C21H20FN7O2. The van der Waals surface area contributed by atoms with Gasteiger partial charge in [0.25, 0.3) is 0 Å². The number of halogens is 1. The Kier molecular flexibility index (Phi) is 5.69. The summed E-state index contributed by atoms with van der Waals surface area (Å²) in [6, 6.07) is 7.96. The minimum atomic E-state index is -0.359. The van der Waals surface area contributed by atoms with Crippen LogP contribution < -0.4 is 16.8 Å². The van der Waals surface area contributed by atoms with E-state index in [2.05, 4.69) is 25.4 Å². The molecule has 31 heavy (non-hydrogen) atoms. The van der Waals surface area contributed by atoms with E-state index in [1.165, 1.54) is 24.6 Å². The molecule has 10 heteroatoms. The largest absolute Gasteiger partial charge is 0.396 e. The van der Waals surface area contributed by atoms with Gasteiger partial charge in [-0.05, 0) is 25.0 Å². The van der Waals surface area contributed by atoms with Gasteiger partial charge in [-0.25, -0.2) is 14.4 Å². The third-order valence-electron chi connectivity index (χ3n) is 4.65. The number of allylic oxidation sites excluding steroid dienone is 1. The van der Waals surface area contributed by atoms with Crippen LogP contribution >= 0.6 is 0 Å². The molecule has 158 valence electrons. The van der Waals surface area contributed by atoms with Crippen LogP contribution in [0.2, 0.25) is 0 Å². The van der Waals surface area contributed by atoms with Crippen molar-refractivity contribution in [3.05, 3.63) is 71.8 Å². The number of nitrogens with one attached hydrogen (secondary N) is 1. The Balaban J connectivity index is 1.58. The van der Waals surface area contributed by atoms with Crippen LogP contribution in [0, 0.1) is 11.7 Å². The van der Waals surface area contributed by atoms with Crippen molar-refractivity contribution in [3.8, 4) is 0 Å². The van der Waals surface area contributed by atoms with E-state index in [-0.39, 0.29) is 41.5 Å². The van der Waals surface area contributed by atoms with Gasteiger partial charge in [0, 0.05) is 17.5 Å². The number of hydrogen-bond acceptors (Lipinski definition) is 8. The zero-order valence-electron chi connectivity index (χ0n) is 16.5. The molecule has 1 aliphatic rings. The van der Waals surface area contributed by atoms with Crippen LogP contribution in [0.4, 0.5) is 15.9 Å². The van der Waals surface area contributed by atoms with Gasteiger partial charge in [-0.1, -0.05) is 23.4 Å². The zero-order chi connectivity index (χ0) is 21.8. The van der Waals surface area contributed by atoms with Crippen LogP contribution in [0.25, 0.3) is 5.70 Å². The Labute approximate surface area is 177 Å². The fourth-order valence-electron chi connectivity index (χ4n) is 2.76. The standard InChI is InChI=1S/C21H20FN7O2/c22-14-4-2-1-3-13(14)10-25-17(16-7-8-31-29-16)9-15(23)20-26-11-18(19(24)28-20)27-21(30)12-5-6-12/h1-4,7-9,11-12H,5-6,10,23H2,(H,27,30)(H2,24,26,28). The van der Waals surface area contributed by atoms with Crippen molar-refractivity contribution >= 4 is 28.8 Å². The number of nitrogens with two attached hydrogens (primary N) is 2. The predicted molar refractivity (Wildman–Crippen MR) is 113 cm³/mol. The Morgan fingerprint density at radius 1 is 1.32 bits per heavy atom. The van der Waals surface area contributed by atoms with Gasteiger partial charge in [0.1, 0.15) is 23.5 Å². The summed E-state index contributed by atoms with van der Waals surface area (Å²) in [5, 5.41) is 6.59. The van der Waals surface area contributed by atoms with Crippen molar-refractivity contribution in [2.45, 2.75) is 19.4 Å². The van der Waals surface area contributed by atoms with Crippen molar-refractivity contribution in [1.82, 2.24) is 15.1 Å². The predicted octanol–water partition coefficient (Wildman–Crippen LogP) is 2.52. The molecule has 0 radical (unpaired) electrons. The number of anilines is 2. The molecule has 1 aliphatic carbocycles. The molecular weight excluding hydrogens is 401 g/mol. The van der Waals surface area contributed by atoms with Gasteiger partial charge in [-0.15, -0.1) is 0 Å². The fourth-order valence-corrected chi connectivity index (χ4v) is 2.76. The average molecular weight is 421 g/mol. The van der Waals surface area contributed by atoms with Crippen LogP contribution in [-0.4, -0.2) is 26.7 Å². The van der Waals surface area contributed by atoms with Crippen molar-refractivity contribution in [3.63, 3.8) is 0 Å². The summed E-state index contributed by atoms with van der Waals surface area (Å²) in [5.74, 6) is -0.173. The van der Waals surface area contributed by atoms with Crippen molar-refractivity contribution in [2.24, 2.45) is 16.6 Å². The molecule has 2 heterocycles. The van der Waals surface area contributed by atoms with Gasteiger partial charge < -0.3 is 21.3 Å². The molecule has 5 N–H and O–H groups in total. The first-order valence-electron chi connectivity index (χ1n) is 9.61. The van der Waals surface area contributed by atoms with Crippen molar-refractivity contribution in [1.29, 1.82) is 0 Å². The van der Waals surface area contributed by atoms with Crippen molar-refractivity contribution < 1.29 is 13.7 Å². The van der Waals surface area contributed by atoms with E-state index in [4.69, 9.17) is 16.0 Å². The lowest BCUT2D eigenvalue weighted by molar-refractivity contribution is -0.117. The number of carbonyl (C=O) groups excluding carboxylic acids is 1. The van der Waals surface area contributed by atoms with Crippen molar-refractivity contribution in [2.75, 3.05) is 11.1 Å². The molecule has 0 unspecified atom stereocenters. The SMILES string of the molecule is NC(=CC(=NCc1ccccc1F)c1ccon1)c1ncc(NC(=O)C2CC2)c(N)n1. The maximum Gasteiger partial charge on any atom is 0.227 e. The van der Waals surface area contributed by atoms with Gasteiger partial charge >= 0.3 is 0 Å². The lowest BCUT2D eigenvalue weighted by Gasteiger charge is -2.08. The summed E-state index contributed by atoms with van der Waals surface area (Å²) >= 11 is 0. The van der Waals surface area contributed by atoms with E-state index in [0.717, 1.165) is 12.8 Å². The van der Waals surface area contributed by atoms with Gasteiger partial charge in [-0.2, -0.15) is 0 Å². The van der Waals surface area contributed by atoms with Gasteiger partial charge in [0.15, 0.2) is 11.6 Å². The summed E-state index contributed by atoms with van der Waals surface area (Å²) in [6.45, 7) is 0.0772. The first-order chi connectivity index (χ1) is 15.0. The van der Waals surface area contributed by atoms with Gasteiger partial charge in [-0.3, -0.25) is 9.79 Å². The molecule has 0 atom stereocenters. The molecule has 1 saturated carbocycles. The maximum atomic E-state index is 13.9. The van der Waals surface area contributed by atoms with Crippen LogP contribution in [0.3, 0.4) is 0 Å². The molecule has 2 aromatic heterocycles. The second-order valence-electron chi connectivity index (χ2n) is 7.03. The van der Waals surface area contributed by atoms with E-state index in [1.807, 2.05) is 0 Å². The van der Waals surface area contributed by atoms with Crippen LogP contribution in [-0.2, 0) is 11.3 Å². The van der Waals surface area contributed by atoms with E-state index in [1.54, 1.807) is 24.3 Å². The summed E-state index contributed by atoms with van der Waals surface area (Å²) in [6.07, 6.45) is 6.06. The summed E-state index contributed by atoms with van der Waals surface area (Å²) < 4.78 is 18.8. The molecule has 9 nitrogen and oxygen atoms in total. The third-order valence-corrected chi connectivity index (χ3v) is 4.65. The minimum absolute atomic E-state index is 0.0275. The number of aliphatic imine (C=N–C) groups is 1. The number of aromatic nitrogens is 3. The molecule has 0 aliphatic heterocycles. The Bertz CT molecular complexity index is 1150. The van der Waals surface area contributed by atoms with Crippen LogP contribution in [0.15, 0.2) is 58.4 Å². The van der Waals surface area contributed by atoms with Crippen LogP contribution in [0.1, 0.15) is 29.9 Å². The quantitative estimate of drug-likeness (QED) is 0.497. The number of nitrogens with zero attached hydrogens (tertiary/aromatic N) is 4. The molecule has 4 rings (SSSR count). The highest BCUT2D eigenvalue weighted by molar-refractivity contribution is 6.10. The molecule has 0 saturated heterocycles. The number of benzene rings is 1. The lowest BCUT2D eigenvalue weighted by Crippen LogP contribution is -2.16. The molecule has 0 spiro atoms. The second-order valence-corrected chi connectivity index (χ2v) is 7.03. The average Bonchev–Trinajstić information content (AvgIpc) is 3.48. The highest BCUT2D eigenvalue weighted by atomic mass is 19.1. The summed E-state index contributed by atoms with van der Waals surface area (Å²) in [5.41, 5.74) is 13.8. The number of rotatable bonds is 7. The maximum absolute atomic E-state index is 13.9. The molecule has 1 fully saturated rings. The monoisotopic (exact) mass is 421 g/mol. The Morgan fingerprint density at radius 3 is 2.81 bits per heavy atom. The highest BCUT2D eigenvalue weighted by Crippen LogP contribution is 2.30. The van der Waals surface area contributed by atoms with E-state index >= 15 is 0 Å². The molecule has 0 bridgehead atoms. The number of nitrogen functional groups attached to an aromatic ring is 1. The second kappa shape index (κ2) is 8.74. The molecule has 1 amide bonds. The lowest BCUT2D eigenvalue weighted by atomic mass is 10.2. The first kappa shape index (κ1) is 20.2. The number of amides is 1. The Morgan fingerprint density at radius 2 is 2.13 bits per heavy atom.